The van der Waals surface area contributed by atoms with Crippen LogP contribution in [0.5, 0.6) is 0 Å². The van der Waals surface area contributed by atoms with E-state index in [2.05, 4.69) is 21.7 Å². The molecule has 3 aliphatic heterocycles. The van der Waals surface area contributed by atoms with Gasteiger partial charge in [0.1, 0.15) is 16.8 Å². The molecule has 152 valence electrons. The van der Waals surface area contributed by atoms with E-state index in [0.717, 1.165) is 67.6 Å². The van der Waals surface area contributed by atoms with Gasteiger partial charge in [0.15, 0.2) is 0 Å². The molecular formula is C21H25ClN6O. The third-order valence-corrected chi connectivity index (χ3v) is 6.41. The molecule has 2 fully saturated rings. The molecule has 0 spiro atoms. The minimum Gasteiger partial charge on any atom is -0.371 e. The van der Waals surface area contributed by atoms with E-state index in [1.54, 1.807) is 6.20 Å². The third kappa shape index (κ3) is 3.41. The molecule has 5 rings (SSSR count). The average molecular weight is 413 g/mol. The van der Waals surface area contributed by atoms with Gasteiger partial charge in [0.25, 0.3) is 0 Å². The first-order valence-electron chi connectivity index (χ1n) is 10.4. The molecule has 29 heavy (non-hydrogen) atoms. The van der Waals surface area contributed by atoms with Crippen LogP contribution in [0.4, 0.5) is 11.5 Å². The Bertz CT molecular complexity index is 947. The van der Waals surface area contributed by atoms with Crippen LogP contribution < -0.4 is 9.80 Å². The van der Waals surface area contributed by atoms with Crippen molar-refractivity contribution in [3.63, 3.8) is 0 Å². The smallest absolute Gasteiger partial charge is 0.228 e. The number of hydrogen-bond donors (Lipinski definition) is 0. The van der Waals surface area contributed by atoms with E-state index in [0.29, 0.717) is 18.2 Å². The normalized spacial score (nSPS) is 20.8. The molecule has 2 aromatic heterocycles. The van der Waals surface area contributed by atoms with Gasteiger partial charge in [-0.2, -0.15) is 0 Å². The van der Waals surface area contributed by atoms with Crippen LogP contribution in [0.2, 0.25) is 5.15 Å². The Balaban J connectivity index is 1.31. The number of rotatable bonds is 4. The molecule has 1 unspecified atom stereocenters. The Labute approximate surface area is 175 Å². The number of amides is 1. The highest BCUT2D eigenvalue weighted by Crippen LogP contribution is 2.34. The number of aromatic nitrogens is 3. The van der Waals surface area contributed by atoms with E-state index >= 15 is 0 Å². The summed E-state index contributed by atoms with van der Waals surface area (Å²) < 4.78 is 0. The Kier molecular flexibility index (Phi) is 4.78. The summed E-state index contributed by atoms with van der Waals surface area (Å²) in [5, 5.41) is 0.482. The minimum absolute atomic E-state index is 0.00215. The Hall–Kier alpha value is -2.41. The summed E-state index contributed by atoms with van der Waals surface area (Å²) in [7, 11) is 0. The second-order valence-electron chi connectivity index (χ2n) is 8.05. The summed E-state index contributed by atoms with van der Waals surface area (Å²) >= 11 is 6.03. The van der Waals surface area contributed by atoms with E-state index in [-0.39, 0.29) is 11.8 Å². The standard InChI is InChI=1S/C21H25ClN6O/c1-2-19-24-17-13-28(12-16(17)20(25-19)26-7-3-8-26)21(29)14-5-9-27(11-14)15-4-6-23-18(22)10-15/h4,6,10,14H,2-3,5,7-9,11-13H2,1H3. The molecule has 1 amide bonds. The van der Waals surface area contributed by atoms with Crippen LogP contribution >= 0.6 is 11.6 Å². The molecule has 0 radical (unpaired) electrons. The lowest BCUT2D eigenvalue weighted by atomic mass is 10.1. The average Bonchev–Trinajstić information content (AvgIpc) is 3.33. The van der Waals surface area contributed by atoms with Crippen LogP contribution in [0.3, 0.4) is 0 Å². The van der Waals surface area contributed by atoms with Gasteiger partial charge in [-0.15, -0.1) is 0 Å². The van der Waals surface area contributed by atoms with Crippen molar-refractivity contribution in [2.45, 2.75) is 39.3 Å². The molecular weight excluding hydrogens is 388 g/mol. The number of hydrogen-bond acceptors (Lipinski definition) is 6. The number of carbonyl (C=O) groups is 1. The predicted molar refractivity (Wildman–Crippen MR) is 112 cm³/mol. The van der Waals surface area contributed by atoms with E-state index < -0.39 is 0 Å². The first-order chi connectivity index (χ1) is 14.1. The third-order valence-electron chi connectivity index (χ3n) is 6.20. The number of aryl methyl sites for hydroxylation is 1. The lowest BCUT2D eigenvalue weighted by molar-refractivity contribution is -0.135. The van der Waals surface area contributed by atoms with Gasteiger partial charge in [0.2, 0.25) is 5.91 Å². The number of nitrogens with zero attached hydrogens (tertiary/aromatic N) is 6. The van der Waals surface area contributed by atoms with Crippen molar-refractivity contribution in [1.29, 1.82) is 0 Å². The first-order valence-corrected chi connectivity index (χ1v) is 10.8. The van der Waals surface area contributed by atoms with Gasteiger partial charge in [-0.1, -0.05) is 18.5 Å². The predicted octanol–water partition coefficient (Wildman–Crippen LogP) is 2.67. The number of carbonyl (C=O) groups excluding carboxylic acids is 1. The molecule has 5 heterocycles. The summed E-state index contributed by atoms with van der Waals surface area (Å²) in [5.74, 6) is 2.15. The van der Waals surface area contributed by atoms with Crippen LogP contribution in [0.15, 0.2) is 18.3 Å². The zero-order valence-corrected chi connectivity index (χ0v) is 17.4. The fourth-order valence-corrected chi connectivity index (χ4v) is 4.60. The number of anilines is 2. The molecule has 0 saturated carbocycles. The van der Waals surface area contributed by atoms with Gasteiger partial charge in [-0.25, -0.2) is 15.0 Å². The van der Waals surface area contributed by atoms with Crippen LogP contribution in [-0.2, 0) is 24.3 Å². The van der Waals surface area contributed by atoms with Gasteiger partial charge < -0.3 is 14.7 Å². The molecule has 7 nitrogen and oxygen atoms in total. The van der Waals surface area contributed by atoms with Crippen molar-refractivity contribution in [2.75, 3.05) is 36.0 Å². The van der Waals surface area contributed by atoms with Gasteiger partial charge >= 0.3 is 0 Å². The summed E-state index contributed by atoms with van der Waals surface area (Å²) in [6, 6.07) is 3.81. The molecule has 0 aliphatic carbocycles. The maximum absolute atomic E-state index is 13.3. The highest BCUT2D eigenvalue weighted by atomic mass is 35.5. The van der Waals surface area contributed by atoms with Crippen LogP contribution in [-0.4, -0.2) is 51.9 Å². The van der Waals surface area contributed by atoms with Crippen LogP contribution in [0, 0.1) is 5.92 Å². The molecule has 0 bridgehead atoms. The fraction of sp³-hybridized carbons (Fsp3) is 0.524. The SMILES string of the molecule is CCc1nc2c(c(N3CCC3)n1)CN(C(=O)C1CCN(c3ccnc(Cl)c3)C1)C2. The second-order valence-corrected chi connectivity index (χ2v) is 8.43. The van der Waals surface area contributed by atoms with Crippen molar-refractivity contribution in [2.24, 2.45) is 5.92 Å². The van der Waals surface area contributed by atoms with E-state index in [4.69, 9.17) is 21.6 Å². The highest BCUT2D eigenvalue weighted by Gasteiger charge is 2.36. The summed E-state index contributed by atoms with van der Waals surface area (Å²) in [6.07, 6.45) is 4.59. The monoisotopic (exact) mass is 412 g/mol. The maximum Gasteiger partial charge on any atom is 0.228 e. The largest absolute Gasteiger partial charge is 0.371 e. The quantitative estimate of drug-likeness (QED) is 0.719. The summed E-state index contributed by atoms with van der Waals surface area (Å²) in [5.41, 5.74) is 3.21. The van der Waals surface area contributed by atoms with Gasteiger partial charge in [-0.05, 0) is 25.0 Å². The molecule has 0 aromatic carbocycles. The Morgan fingerprint density at radius 3 is 2.79 bits per heavy atom. The van der Waals surface area contributed by atoms with Crippen LogP contribution in [0.1, 0.15) is 36.8 Å². The lowest BCUT2D eigenvalue weighted by Gasteiger charge is -2.33. The summed E-state index contributed by atoms with van der Waals surface area (Å²) in [6.45, 7) is 6.98. The van der Waals surface area contributed by atoms with Gasteiger partial charge in [-0.3, -0.25) is 4.79 Å². The number of halogens is 1. The molecule has 2 saturated heterocycles. The van der Waals surface area contributed by atoms with Crippen LogP contribution in [0.25, 0.3) is 0 Å². The van der Waals surface area contributed by atoms with Crippen molar-refractivity contribution in [3.05, 3.63) is 40.6 Å². The Morgan fingerprint density at radius 1 is 1.21 bits per heavy atom. The van der Waals surface area contributed by atoms with Crippen molar-refractivity contribution >= 4 is 29.0 Å². The first kappa shape index (κ1) is 18.6. The lowest BCUT2D eigenvalue weighted by Crippen LogP contribution is -2.39. The molecule has 2 aromatic rings. The van der Waals surface area contributed by atoms with Crippen molar-refractivity contribution in [1.82, 2.24) is 19.9 Å². The minimum atomic E-state index is 0.00215. The topological polar surface area (TPSA) is 65.5 Å². The van der Waals surface area contributed by atoms with Gasteiger partial charge in [0, 0.05) is 50.0 Å². The zero-order valence-electron chi connectivity index (χ0n) is 16.6. The summed E-state index contributed by atoms with van der Waals surface area (Å²) in [4.78, 5) is 33.4. The van der Waals surface area contributed by atoms with Crippen molar-refractivity contribution < 1.29 is 4.79 Å². The van der Waals surface area contributed by atoms with Gasteiger partial charge in [0.05, 0.1) is 24.7 Å². The highest BCUT2D eigenvalue weighted by molar-refractivity contribution is 6.29. The zero-order chi connectivity index (χ0) is 20.0. The molecule has 8 heteroatoms. The number of fused-ring (bicyclic) bond motifs is 1. The van der Waals surface area contributed by atoms with E-state index in [9.17, 15) is 4.79 Å². The Morgan fingerprint density at radius 2 is 2.07 bits per heavy atom. The number of pyridine rings is 1. The maximum atomic E-state index is 13.3. The molecule has 3 aliphatic rings. The second kappa shape index (κ2) is 7.44. The fourth-order valence-electron chi connectivity index (χ4n) is 4.43. The van der Waals surface area contributed by atoms with Crippen molar-refractivity contribution in [3.8, 4) is 0 Å². The molecule has 1 atom stereocenters. The van der Waals surface area contributed by atoms with E-state index in [1.807, 2.05) is 17.0 Å². The molecule has 0 N–H and O–H groups in total. The van der Waals surface area contributed by atoms with E-state index in [1.165, 1.54) is 6.42 Å².